The Morgan fingerprint density at radius 3 is 2.28 bits per heavy atom. The van der Waals surface area contributed by atoms with Crippen LogP contribution in [0.1, 0.15) is 11.1 Å². The van der Waals surface area contributed by atoms with Gasteiger partial charge in [0, 0.05) is 79.5 Å². The molecule has 0 radical (unpaired) electrons. The Morgan fingerprint density at radius 1 is 1.00 bits per heavy atom. The molecule has 1 unspecified atom stereocenters. The van der Waals surface area contributed by atoms with Crippen molar-refractivity contribution in [1.82, 2.24) is 9.97 Å². The molecule has 2 heterocycles. The summed E-state index contributed by atoms with van der Waals surface area (Å²) < 4.78 is 17.0. The van der Waals surface area contributed by atoms with Crippen molar-refractivity contribution in [3.63, 3.8) is 0 Å². The predicted molar refractivity (Wildman–Crippen MR) is 105 cm³/mol. The Bertz CT molecular complexity index is 1080. The molecule has 0 aliphatic heterocycles. The first-order chi connectivity index (χ1) is 12.2. The normalized spacial score (nSPS) is 12.9. The molecule has 0 saturated heterocycles. The molecule has 2 N–H and O–H groups in total. The lowest BCUT2D eigenvalue weighted by Crippen LogP contribution is -1.89. The van der Waals surface area contributed by atoms with Crippen LogP contribution in [0.4, 0.5) is 0 Å². The molecule has 4 rings (SSSR count). The molecular weight excluding hydrogens is 352 g/mol. The first kappa shape index (κ1) is 16.4. The van der Waals surface area contributed by atoms with Gasteiger partial charge >= 0.3 is 0 Å². The van der Waals surface area contributed by atoms with E-state index in [0.717, 1.165) is 32.6 Å². The molecule has 0 bridgehead atoms. The average Bonchev–Trinajstić information content (AvgIpc) is 3.19. The molecule has 4 aromatic rings. The smallest absolute Gasteiger partial charge is 0.0508 e. The molecule has 0 aliphatic rings. The highest BCUT2D eigenvalue weighted by Crippen LogP contribution is 2.29. The maximum absolute atomic E-state index is 11.8. The fourth-order valence-corrected chi connectivity index (χ4v) is 4.17. The van der Waals surface area contributed by atoms with Crippen LogP contribution in [0.25, 0.3) is 21.8 Å². The van der Waals surface area contributed by atoms with Gasteiger partial charge in [0.2, 0.25) is 0 Å². The van der Waals surface area contributed by atoms with E-state index in [-0.39, 0.29) is 0 Å². The Kier molecular flexibility index (Phi) is 4.41. The fourth-order valence-electron chi connectivity index (χ4n) is 3.14. The number of hydrogen-bond donors (Lipinski definition) is 2. The van der Waals surface area contributed by atoms with Crippen LogP contribution in [0.2, 0.25) is 0 Å². The van der Waals surface area contributed by atoms with E-state index in [0.29, 0.717) is 0 Å². The van der Waals surface area contributed by atoms with E-state index < -0.39 is 10.8 Å². The van der Waals surface area contributed by atoms with Gasteiger partial charge in [0.1, 0.15) is 0 Å². The van der Waals surface area contributed by atoms with Gasteiger partial charge in [0.05, 0.1) is 7.11 Å². The number of rotatable bonds is 5. The second-order valence-electron chi connectivity index (χ2n) is 5.92. The van der Waals surface area contributed by atoms with E-state index in [1.807, 2.05) is 30.5 Å². The maximum Gasteiger partial charge on any atom is 0.0508 e. The van der Waals surface area contributed by atoms with Gasteiger partial charge in [0.15, 0.2) is 0 Å². The number of hydrogen-bond acceptors (Lipinski definition) is 3. The number of H-pyrrole nitrogens is 2. The van der Waals surface area contributed by atoms with Gasteiger partial charge in [-0.1, -0.05) is 0 Å². The zero-order chi connectivity index (χ0) is 17.4. The third kappa shape index (κ3) is 3.13. The summed E-state index contributed by atoms with van der Waals surface area (Å²) >= 11 is 1.36. The van der Waals surface area contributed by atoms with E-state index in [1.54, 1.807) is 13.4 Å². The molecule has 6 heteroatoms. The second-order valence-corrected chi connectivity index (χ2v) is 8.27. The summed E-state index contributed by atoms with van der Waals surface area (Å²) in [6.07, 6.45) is 6.62. The molecule has 4 nitrogen and oxygen atoms in total. The zero-order valence-electron chi connectivity index (χ0n) is 14.0. The maximum atomic E-state index is 11.8. The highest BCUT2D eigenvalue weighted by Gasteiger charge is 2.11. The predicted octanol–water partition coefficient (Wildman–Crippen LogP) is 4.63. The molecule has 0 aliphatic carbocycles. The number of nitrogens with one attached hydrogen (secondary N) is 2. The first-order valence-corrected chi connectivity index (χ1v) is 10.2. The number of benzene rings is 2. The minimum Gasteiger partial charge on any atom is -0.361 e. The van der Waals surface area contributed by atoms with Crippen molar-refractivity contribution in [2.75, 3.05) is 13.4 Å². The van der Waals surface area contributed by atoms with Crippen molar-refractivity contribution in [1.29, 1.82) is 0 Å². The molecule has 2 aromatic carbocycles. The van der Waals surface area contributed by atoms with Gasteiger partial charge in [-0.25, -0.2) is 0 Å². The van der Waals surface area contributed by atoms with E-state index in [4.69, 9.17) is 4.18 Å². The fraction of sp³-hybridized carbons (Fsp3) is 0.158. The Hall–Kier alpha value is -2.02. The van der Waals surface area contributed by atoms with E-state index in [9.17, 15) is 4.21 Å². The second kappa shape index (κ2) is 6.71. The quantitative estimate of drug-likeness (QED) is 0.504. The average molecular weight is 370 g/mol. The van der Waals surface area contributed by atoms with Crippen LogP contribution in [0.3, 0.4) is 0 Å². The Balaban J connectivity index is 1.76. The van der Waals surface area contributed by atoms with Gasteiger partial charge in [-0.05, 0) is 47.5 Å². The van der Waals surface area contributed by atoms with Gasteiger partial charge in [-0.15, -0.1) is 0 Å². The minimum atomic E-state index is -0.981. The number of aromatic nitrogens is 2. The Labute approximate surface area is 152 Å². The van der Waals surface area contributed by atoms with Crippen LogP contribution in [0, 0.1) is 0 Å². The van der Waals surface area contributed by atoms with Crippen molar-refractivity contribution in [2.45, 2.75) is 16.2 Å². The number of fused-ring (bicyclic) bond motifs is 2. The van der Waals surface area contributed by atoms with Crippen LogP contribution in [-0.4, -0.2) is 27.5 Å². The molecule has 25 heavy (non-hydrogen) atoms. The molecule has 128 valence electrons. The minimum absolute atomic E-state index is 0.806. The van der Waals surface area contributed by atoms with Crippen LogP contribution >= 0.6 is 12.0 Å². The lowest BCUT2D eigenvalue weighted by Gasteiger charge is -2.03. The molecule has 0 fully saturated rings. The van der Waals surface area contributed by atoms with E-state index in [2.05, 4.69) is 28.3 Å². The summed E-state index contributed by atoms with van der Waals surface area (Å²) in [5.41, 5.74) is 4.62. The third-order valence-corrected chi connectivity index (χ3v) is 5.90. The molecule has 0 spiro atoms. The van der Waals surface area contributed by atoms with Crippen LogP contribution in [-0.2, 0) is 21.4 Å². The van der Waals surface area contributed by atoms with Gasteiger partial charge in [0.25, 0.3) is 0 Å². The van der Waals surface area contributed by atoms with Crippen molar-refractivity contribution in [3.8, 4) is 0 Å². The standard InChI is InChI=1S/C19H18N2O2S2/c1-23-24-14-3-5-18-16(8-14)12(10-20-18)7-13-11-21-19-6-4-15(25(2)22)9-17(13)19/h3-6,8-11,20-21H,7H2,1-2H3. The third-order valence-electron chi connectivity index (χ3n) is 4.37. The summed E-state index contributed by atoms with van der Waals surface area (Å²) in [4.78, 5) is 8.59. The van der Waals surface area contributed by atoms with Crippen molar-refractivity contribution < 1.29 is 8.39 Å². The largest absolute Gasteiger partial charge is 0.361 e. The van der Waals surface area contributed by atoms with Gasteiger partial charge in [-0.3, -0.25) is 4.21 Å². The molecule has 1 atom stereocenters. The summed E-state index contributed by atoms with van der Waals surface area (Å²) in [5.74, 6) is 0. The molecule has 0 amide bonds. The van der Waals surface area contributed by atoms with Gasteiger partial charge in [-0.2, -0.15) is 0 Å². The summed E-state index contributed by atoms with van der Waals surface area (Å²) in [5, 5.41) is 2.33. The highest BCUT2D eigenvalue weighted by molar-refractivity contribution is 7.94. The SMILES string of the molecule is COSc1ccc2[nH]cc(Cc3c[nH]c4ccc(S(C)=O)cc34)c2c1. The van der Waals surface area contributed by atoms with Crippen LogP contribution < -0.4 is 0 Å². The molecule has 0 saturated carbocycles. The van der Waals surface area contributed by atoms with E-state index in [1.165, 1.54) is 28.6 Å². The lowest BCUT2D eigenvalue weighted by atomic mass is 10.0. The van der Waals surface area contributed by atoms with Crippen LogP contribution in [0.15, 0.2) is 58.6 Å². The highest BCUT2D eigenvalue weighted by atomic mass is 32.2. The van der Waals surface area contributed by atoms with Crippen molar-refractivity contribution in [2.24, 2.45) is 0 Å². The van der Waals surface area contributed by atoms with Crippen LogP contribution in [0.5, 0.6) is 0 Å². The monoisotopic (exact) mass is 370 g/mol. The summed E-state index contributed by atoms with van der Waals surface area (Å²) in [6.45, 7) is 0. The van der Waals surface area contributed by atoms with Gasteiger partial charge < -0.3 is 14.2 Å². The van der Waals surface area contributed by atoms with Crippen molar-refractivity contribution in [3.05, 3.63) is 59.9 Å². The topological polar surface area (TPSA) is 57.9 Å². The van der Waals surface area contributed by atoms with Crippen molar-refractivity contribution >= 4 is 44.6 Å². The zero-order valence-corrected chi connectivity index (χ0v) is 15.6. The summed E-state index contributed by atoms with van der Waals surface area (Å²) in [6, 6.07) is 12.2. The molecular formula is C19H18N2O2S2. The number of aromatic amines is 2. The van der Waals surface area contributed by atoms with E-state index >= 15 is 0 Å². The molecule has 2 aromatic heterocycles. The lowest BCUT2D eigenvalue weighted by molar-refractivity contribution is 0.490. The Morgan fingerprint density at radius 2 is 1.64 bits per heavy atom. The summed E-state index contributed by atoms with van der Waals surface area (Å²) in [7, 11) is 0.694. The first-order valence-electron chi connectivity index (χ1n) is 7.90.